The van der Waals surface area contributed by atoms with Crippen LogP contribution in [0, 0.1) is 50.2 Å². The Morgan fingerprint density at radius 1 is 0.460 bits per heavy atom. The number of carbonyl (C=O) groups is 9. The number of carbonyl (C=O) groups excluding carboxylic acids is 9. The van der Waals surface area contributed by atoms with Crippen molar-refractivity contribution >= 4 is 53.7 Å². The van der Waals surface area contributed by atoms with E-state index in [2.05, 4.69) is 64.6 Å². The Balaban J connectivity index is 0.827. The van der Waals surface area contributed by atoms with Crippen molar-refractivity contribution in [2.45, 2.75) is 201 Å². The van der Waals surface area contributed by atoms with E-state index in [1.807, 2.05) is 0 Å². The minimum Gasteiger partial charge on any atom is -0.463 e. The number of fused-ring (bicyclic) bond motifs is 7. The SMILES string of the molecule is CC(=O)OC[C@H]1O[C@@H](O[C@H]2CC[C@]3(C)[C@H]4CC=C5[C@@H]6CC(C)(C)CC[C@]6(C(=O)O[C@@H]6O[C@H](COC(=O)c7ccccc7)[C@@H](OC(=O)c7ccccc7)[C@H](OC(=O)c7ccccc7)[C@H]6OC(=O)c6ccccc6)CC[C@@]5(C)[C@]4(C)CC[C@H]3C2(C)C)[C@H](OC(=O)c2ccccc2CN=[N+]=[N-])[C@@H](OC(=O)c2ccccc2)[C@@H]1OC(C)=O. The van der Waals surface area contributed by atoms with Crippen LogP contribution in [0.1, 0.15) is 194 Å². The van der Waals surface area contributed by atoms with Gasteiger partial charge >= 0.3 is 53.7 Å². The van der Waals surface area contributed by atoms with Crippen molar-refractivity contribution in [1.29, 1.82) is 0 Å². The van der Waals surface area contributed by atoms with Crippen LogP contribution in [0.4, 0.5) is 0 Å². The second-order valence-electron chi connectivity index (χ2n) is 33.0. The molecule has 5 aliphatic carbocycles. The average Bonchev–Trinajstić information content (AvgIpc) is 0.674. The highest BCUT2D eigenvalue weighted by Gasteiger charge is 2.71. The van der Waals surface area contributed by atoms with Crippen LogP contribution in [0.3, 0.4) is 0 Å². The average molecular weight is 1540 g/mol. The second kappa shape index (κ2) is 33.3. The summed E-state index contributed by atoms with van der Waals surface area (Å²) < 4.78 is 77.3. The summed E-state index contributed by atoms with van der Waals surface area (Å²) in [5.41, 5.74) is 8.21. The van der Waals surface area contributed by atoms with Gasteiger partial charge in [-0.3, -0.25) is 14.4 Å². The molecule has 2 aliphatic heterocycles. The van der Waals surface area contributed by atoms with E-state index in [-0.39, 0.29) is 73.9 Å². The first-order valence-corrected chi connectivity index (χ1v) is 38.8. The molecule has 2 heterocycles. The monoisotopic (exact) mass is 1540 g/mol. The van der Waals surface area contributed by atoms with Crippen LogP contribution < -0.4 is 0 Å². The van der Waals surface area contributed by atoms with E-state index in [0.717, 1.165) is 19.8 Å². The number of hydrogen-bond acceptors (Lipinski definition) is 22. The maximum Gasteiger partial charge on any atom is 0.339 e. The third kappa shape index (κ3) is 16.4. The first kappa shape index (κ1) is 80.5. The van der Waals surface area contributed by atoms with E-state index < -0.39 is 151 Å². The molecule has 13 rings (SSSR count). The molecule has 0 unspecified atom stereocenters. The zero-order chi connectivity index (χ0) is 80.2. The van der Waals surface area contributed by atoms with Crippen molar-refractivity contribution in [2.75, 3.05) is 13.2 Å². The number of allylic oxidation sites excluding steroid dienone is 2. The van der Waals surface area contributed by atoms with Crippen LogP contribution in [0.15, 0.2) is 193 Å². The number of azide groups is 1. The molecule has 6 aromatic rings. The van der Waals surface area contributed by atoms with E-state index in [1.54, 1.807) is 121 Å². The molecule has 7 aliphatic rings. The second-order valence-corrected chi connectivity index (χ2v) is 33.0. The van der Waals surface area contributed by atoms with Gasteiger partial charge in [0, 0.05) is 18.8 Å². The molecule has 4 saturated carbocycles. The van der Waals surface area contributed by atoms with Gasteiger partial charge in [-0.25, -0.2) is 28.8 Å². The zero-order valence-corrected chi connectivity index (χ0v) is 65.0. The molecule has 0 radical (unpaired) electrons. The first-order valence-electron chi connectivity index (χ1n) is 38.8. The van der Waals surface area contributed by atoms with Gasteiger partial charge in [-0.15, -0.1) is 0 Å². The molecule has 24 nitrogen and oxygen atoms in total. The summed E-state index contributed by atoms with van der Waals surface area (Å²) in [6, 6.07) is 46.9. The van der Waals surface area contributed by atoms with Crippen molar-refractivity contribution in [2.24, 2.45) is 55.4 Å². The van der Waals surface area contributed by atoms with Gasteiger partial charge in [0.15, 0.2) is 36.8 Å². The fraction of sp³-hybridized carbons (Fsp3) is 0.472. The number of nitrogens with zero attached hydrogens (tertiary/aromatic N) is 3. The normalized spacial score (nSPS) is 31.1. The standard InChI is InChI=1S/C89H97N3O21/c1-53(93)102-51-64-69(104-54(2)94)71(109-77(97)57-31-19-12-20-32-57)73(112-80(100)61-38-26-25-37-60(61)50-91-92-90)81(105-64)107-68-42-43-86(7)66(85(68,5)6)41-44-88(9)67(86)40-39-62-63-49-84(3,4)45-47-89(63,48-46-87(62,88)8)83(101)113-82-74(111-79(99)59-35-23-14-24-36-59)72(110-78(98)58-33-21-13-22-34-58)70(108-76(96)56-29-17-11-18-30-56)65(106-82)52-103-75(95)55-27-15-10-16-28-55/h10-39,63-74,81-82H,40-52H2,1-9H3/t63-,64+,65+,66-,67+,68-,69+,70+,71-,72-,73+,74+,81-,82-,86-,87+,88+,89-/m0/s1. The molecule has 18 atom stereocenters. The molecule has 594 valence electrons. The van der Waals surface area contributed by atoms with Crippen LogP contribution in [0.5, 0.6) is 0 Å². The van der Waals surface area contributed by atoms with Crippen LogP contribution in [-0.4, -0.2) is 134 Å². The number of esters is 9. The van der Waals surface area contributed by atoms with Crippen molar-refractivity contribution in [3.63, 3.8) is 0 Å². The molecule has 24 heteroatoms. The topological polar surface area (TPSA) is 313 Å². The predicted molar refractivity (Wildman–Crippen MR) is 407 cm³/mol. The van der Waals surface area contributed by atoms with Crippen LogP contribution in [0.25, 0.3) is 10.4 Å². The summed E-state index contributed by atoms with van der Waals surface area (Å²) in [7, 11) is 0. The summed E-state index contributed by atoms with van der Waals surface area (Å²) in [5.74, 6) is -7.59. The molecule has 0 spiro atoms. The molecule has 113 heavy (non-hydrogen) atoms. The van der Waals surface area contributed by atoms with Gasteiger partial charge < -0.3 is 56.8 Å². The third-order valence-corrected chi connectivity index (χ3v) is 25.6. The fourth-order valence-corrected chi connectivity index (χ4v) is 19.7. The van der Waals surface area contributed by atoms with Crippen molar-refractivity contribution in [3.05, 3.63) is 237 Å². The van der Waals surface area contributed by atoms with Crippen LogP contribution >= 0.6 is 0 Å². The van der Waals surface area contributed by atoms with Gasteiger partial charge in [-0.1, -0.05) is 174 Å². The minimum atomic E-state index is -1.86. The summed E-state index contributed by atoms with van der Waals surface area (Å²) in [6.07, 6.45) is -8.51. The Kier molecular flexibility index (Phi) is 23.7. The third-order valence-electron chi connectivity index (χ3n) is 25.6. The number of benzene rings is 6. The van der Waals surface area contributed by atoms with Gasteiger partial charge in [0.25, 0.3) is 0 Å². The molecule has 0 N–H and O–H groups in total. The Morgan fingerprint density at radius 2 is 0.920 bits per heavy atom. The highest BCUT2D eigenvalue weighted by Crippen LogP contribution is 2.76. The summed E-state index contributed by atoms with van der Waals surface area (Å²) in [4.78, 5) is 132. The van der Waals surface area contributed by atoms with Crippen molar-refractivity contribution < 1.29 is 100.0 Å². The fourth-order valence-electron chi connectivity index (χ4n) is 19.7. The molecular weight excluding hydrogens is 1450 g/mol. The first-order chi connectivity index (χ1) is 54.1. The maximum absolute atomic E-state index is 16.5. The number of rotatable bonds is 22. The Morgan fingerprint density at radius 3 is 1.45 bits per heavy atom. The van der Waals surface area contributed by atoms with Gasteiger partial charge in [-0.05, 0) is 187 Å². The lowest BCUT2D eigenvalue weighted by atomic mass is 9.33. The molecule has 0 aromatic heterocycles. The van der Waals surface area contributed by atoms with E-state index in [1.165, 1.54) is 67.1 Å². The number of hydrogen-bond donors (Lipinski definition) is 0. The lowest BCUT2D eigenvalue weighted by molar-refractivity contribution is -0.329. The molecule has 6 fully saturated rings. The Bertz CT molecular complexity index is 4590. The van der Waals surface area contributed by atoms with Gasteiger partial charge in [0.05, 0.1) is 51.4 Å². The van der Waals surface area contributed by atoms with E-state index in [4.69, 9.17) is 56.8 Å². The minimum absolute atomic E-state index is 0.00601. The van der Waals surface area contributed by atoms with Crippen LogP contribution in [-0.2, 0) is 77.8 Å². The van der Waals surface area contributed by atoms with E-state index in [0.29, 0.717) is 56.9 Å². The zero-order valence-electron chi connectivity index (χ0n) is 65.0. The lowest BCUT2D eigenvalue weighted by Crippen LogP contribution is -2.67. The quantitative estimate of drug-likeness (QED) is 0.0116. The summed E-state index contributed by atoms with van der Waals surface area (Å²) in [5, 5.41) is 3.71. The maximum atomic E-state index is 16.5. The lowest BCUT2D eigenvalue weighted by Gasteiger charge is -2.71. The highest BCUT2D eigenvalue weighted by molar-refractivity contribution is 5.93. The highest BCUT2D eigenvalue weighted by atomic mass is 16.8. The molecule has 0 amide bonds. The van der Waals surface area contributed by atoms with Crippen LogP contribution in [0.2, 0.25) is 0 Å². The Labute approximate surface area is 656 Å². The van der Waals surface area contributed by atoms with Gasteiger partial charge in [-0.2, -0.15) is 0 Å². The summed E-state index contributed by atoms with van der Waals surface area (Å²) in [6.45, 7) is 17.0. The van der Waals surface area contributed by atoms with Gasteiger partial charge in [0.1, 0.15) is 25.4 Å². The largest absolute Gasteiger partial charge is 0.463 e. The van der Waals surface area contributed by atoms with Crippen molar-refractivity contribution in [1.82, 2.24) is 0 Å². The van der Waals surface area contributed by atoms with E-state index in [9.17, 15) is 43.9 Å². The van der Waals surface area contributed by atoms with E-state index >= 15 is 4.79 Å². The number of ether oxygens (including phenoxy) is 12. The summed E-state index contributed by atoms with van der Waals surface area (Å²) >= 11 is 0. The van der Waals surface area contributed by atoms with Gasteiger partial charge in [0.2, 0.25) is 12.4 Å². The molecular formula is C89H97N3O21. The predicted octanol–water partition coefficient (Wildman–Crippen LogP) is 15.5. The Hall–Kier alpha value is -10.5. The van der Waals surface area contributed by atoms with Crippen molar-refractivity contribution in [3.8, 4) is 0 Å². The molecule has 2 saturated heterocycles. The molecule has 6 aromatic carbocycles. The molecule has 0 bridgehead atoms. The smallest absolute Gasteiger partial charge is 0.339 e.